The summed E-state index contributed by atoms with van der Waals surface area (Å²) < 4.78 is 5.68. The van der Waals surface area contributed by atoms with Crippen LogP contribution in [0.15, 0.2) is 23.8 Å². The fourth-order valence-electron chi connectivity index (χ4n) is 8.07. The van der Waals surface area contributed by atoms with Gasteiger partial charge in [-0.25, -0.2) is 0 Å². The fourth-order valence-corrected chi connectivity index (χ4v) is 9.00. The third-order valence-electron chi connectivity index (χ3n) is 9.82. The molecular weight excluding hydrogens is 511 g/mol. The van der Waals surface area contributed by atoms with Gasteiger partial charge in [0.25, 0.3) is 0 Å². The Hall–Kier alpha value is -1.11. The standard InChI is InChI=1S/C27H31Cl3O5/c1-25-7-5-16(31)9-14(25)3-4-17-18-6-8-27(34,26(18,2)12-21(32)23(17)25)22(33)13-35-24-19(29)10-15(28)11-20(24)30/h9-11,17-18,21,23,32,34H,3-8,12-13H2,1-2H3/t17?,18?,21-,23?,25?,26?,27-/m0/s1. The lowest BCUT2D eigenvalue weighted by atomic mass is 9.45. The lowest BCUT2D eigenvalue weighted by molar-refractivity contribution is -0.181. The number of allylic oxidation sites excluding steroid dienone is 1. The van der Waals surface area contributed by atoms with Crippen LogP contribution in [0.25, 0.3) is 0 Å². The zero-order chi connectivity index (χ0) is 25.3. The maximum atomic E-state index is 13.5. The first-order chi connectivity index (χ1) is 16.4. The Balaban J connectivity index is 1.40. The molecule has 8 heteroatoms. The van der Waals surface area contributed by atoms with Crippen molar-refractivity contribution >= 4 is 46.4 Å². The van der Waals surface area contributed by atoms with Crippen LogP contribution in [0.5, 0.6) is 5.75 Å². The number of hydrogen-bond acceptors (Lipinski definition) is 5. The van der Waals surface area contributed by atoms with Gasteiger partial charge in [0, 0.05) is 16.9 Å². The molecule has 1 aromatic carbocycles. The average Bonchev–Trinajstić information content (AvgIpc) is 3.04. The number of aliphatic hydroxyl groups excluding tert-OH is 1. The molecular formula is C27H31Cl3O5. The van der Waals surface area contributed by atoms with Crippen molar-refractivity contribution in [2.24, 2.45) is 28.6 Å². The maximum absolute atomic E-state index is 13.5. The molecule has 4 aliphatic rings. The van der Waals surface area contributed by atoms with Crippen molar-refractivity contribution in [1.29, 1.82) is 0 Å². The van der Waals surface area contributed by atoms with E-state index in [-0.39, 0.29) is 51.4 Å². The molecule has 1 aromatic rings. The van der Waals surface area contributed by atoms with E-state index in [0.717, 1.165) is 24.8 Å². The minimum absolute atomic E-state index is 0.0223. The first-order valence-electron chi connectivity index (χ1n) is 12.4. The normalized spacial score (nSPS) is 40.4. The van der Waals surface area contributed by atoms with Gasteiger partial charge in [0.1, 0.15) is 12.2 Å². The third kappa shape index (κ3) is 3.80. The number of halogens is 3. The van der Waals surface area contributed by atoms with Crippen molar-refractivity contribution in [1.82, 2.24) is 0 Å². The molecule has 0 amide bonds. The first kappa shape index (κ1) is 25.5. The van der Waals surface area contributed by atoms with Crippen LogP contribution in [0, 0.1) is 28.6 Å². The number of aliphatic hydroxyl groups is 2. The lowest BCUT2D eigenvalue weighted by Gasteiger charge is -2.60. The van der Waals surface area contributed by atoms with Crippen molar-refractivity contribution in [3.05, 3.63) is 38.8 Å². The van der Waals surface area contributed by atoms with Gasteiger partial charge in [-0.1, -0.05) is 54.2 Å². The van der Waals surface area contributed by atoms with E-state index in [4.69, 9.17) is 39.5 Å². The lowest BCUT2D eigenvalue weighted by Crippen LogP contribution is -2.62. The summed E-state index contributed by atoms with van der Waals surface area (Å²) in [5.74, 6) is 0.206. The Kier molecular flexibility index (Phi) is 6.37. The predicted molar refractivity (Wildman–Crippen MR) is 135 cm³/mol. The van der Waals surface area contributed by atoms with E-state index in [9.17, 15) is 19.8 Å². The number of carbonyl (C=O) groups is 2. The maximum Gasteiger partial charge on any atom is 0.202 e. The summed E-state index contributed by atoms with van der Waals surface area (Å²) >= 11 is 18.4. The van der Waals surface area contributed by atoms with E-state index >= 15 is 0 Å². The summed E-state index contributed by atoms with van der Waals surface area (Å²) in [7, 11) is 0. The third-order valence-corrected chi connectivity index (χ3v) is 10.6. The molecule has 0 aromatic heterocycles. The molecule has 190 valence electrons. The van der Waals surface area contributed by atoms with Gasteiger partial charge in [-0.05, 0) is 79.9 Å². The summed E-state index contributed by atoms with van der Waals surface area (Å²) in [6.07, 6.45) is 5.45. The number of ether oxygens (including phenoxy) is 1. The number of fused-ring (bicyclic) bond motifs is 5. The van der Waals surface area contributed by atoms with E-state index in [1.165, 1.54) is 12.1 Å². The zero-order valence-electron chi connectivity index (χ0n) is 20.0. The zero-order valence-corrected chi connectivity index (χ0v) is 22.2. The molecule has 4 aliphatic carbocycles. The van der Waals surface area contributed by atoms with Gasteiger partial charge < -0.3 is 14.9 Å². The topological polar surface area (TPSA) is 83.8 Å². The number of benzene rings is 1. The molecule has 0 spiro atoms. The first-order valence-corrected chi connectivity index (χ1v) is 13.5. The molecule has 2 N–H and O–H groups in total. The molecule has 5 unspecified atom stereocenters. The minimum Gasteiger partial charge on any atom is -0.483 e. The van der Waals surface area contributed by atoms with Crippen molar-refractivity contribution < 1.29 is 24.5 Å². The highest BCUT2D eigenvalue weighted by Gasteiger charge is 2.68. The highest BCUT2D eigenvalue weighted by atomic mass is 35.5. The minimum atomic E-state index is -1.62. The Morgan fingerprint density at radius 3 is 2.49 bits per heavy atom. The Morgan fingerprint density at radius 1 is 1.11 bits per heavy atom. The number of ketones is 2. The monoisotopic (exact) mass is 540 g/mol. The molecule has 3 saturated carbocycles. The van der Waals surface area contributed by atoms with Gasteiger partial charge in [-0.15, -0.1) is 0 Å². The van der Waals surface area contributed by atoms with Crippen LogP contribution in [-0.4, -0.2) is 40.1 Å². The van der Waals surface area contributed by atoms with Gasteiger partial charge in [0.05, 0.1) is 16.1 Å². The van der Waals surface area contributed by atoms with Crippen molar-refractivity contribution in [3.8, 4) is 5.75 Å². The summed E-state index contributed by atoms with van der Waals surface area (Å²) in [5, 5.41) is 24.1. The Bertz CT molecular complexity index is 1100. The van der Waals surface area contributed by atoms with E-state index in [2.05, 4.69) is 6.92 Å². The van der Waals surface area contributed by atoms with Gasteiger partial charge in [-0.3, -0.25) is 9.59 Å². The van der Waals surface area contributed by atoms with Crippen LogP contribution >= 0.6 is 34.8 Å². The van der Waals surface area contributed by atoms with Crippen LogP contribution in [0.1, 0.15) is 58.8 Å². The second-order valence-electron chi connectivity index (χ2n) is 11.4. The van der Waals surface area contributed by atoms with Crippen LogP contribution in [-0.2, 0) is 9.59 Å². The number of hydrogen-bond donors (Lipinski definition) is 2. The smallest absolute Gasteiger partial charge is 0.202 e. The van der Waals surface area contributed by atoms with E-state index in [0.29, 0.717) is 30.7 Å². The van der Waals surface area contributed by atoms with E-state index in [1.807, 2.05) is 6.92 Å². The van der Waals surface area contributed by atoms with Crippen LogP contribution in [0.2, 0.25) is 15.1 Å². The highest BCUT2D eigenvalue weighted by Crippen LogP contribution is 2.67. The molecule has 5 nitrogen and oxygen atoms in total. The Labute approximate surface area is 220 Å². The SMILES string of the molecule is CC12CCC(=O)C=C1CCC1C2[C@@H](O)CC2(C)C1CC[C@]2(O)C(=O)COc1c(Cl)cc(Cl)cc1Cl. The molecule has 5 rings (SSSR count). The van der Waals surface area contributed by atoms with Crippen LogP contribution in [0.3, 0.4) is 0 Å². The van der Waals surface area contributed by atoms with Crippen molar-refractivity contribution in [3.63, 3.8) is 0 Å². The molecule has 35 heavy (non-hydrogen) atoms. The van der Waals surface area contributed by atoms with E-state index in [1.54, 1.807) is 6.08 Å². The molecule has 0 bridgehead atoms. The fraction of sp³-hybridized carbons (Fsp3) is 0.630. The number of carbonyl (C=O) groups excluding carboxylic acids is 2. The second kappa shape index (κ2) is 8.73. The highest BCUT2D eigenvalue weighted by molar-refractivity contribution is 6.40. The molecule has 0 heterocycles. The largest absolute Gasteiger partial charge is 0.483 e. The molecule has 0 aliphatic heterocycles. The van der Waals surface area contributed by atoms with Gasteiger partial charge in [0.15, 0.2) is 11.5 Å². The van der Waals surface area contributed by atoms with Crippen molar-refractivity contribution in [2.45, 2.75) is 70.5 Å². The van der Waals surface area contributed by atoms with Crippen LogP contribution in [0.4, 0.5) is 0 Å². The molecule has 3 fully saturated rings. The predicted octanol–water partition coefficient (Wildman–Crippen LogP) is 5.83. The van der Waals surface area contributed by atoms with Gasteiger partial charge in [0.2, 0.25) is 5.78 Å². The quantitative estimate of drug-likeness (QED) is 0.501. The summed E-state index contributed by atoms with van der Waals surface area (Å²) in [5.41, 5.74) is -1.45. The van der Waals surface area contributed by atoms with Crippen LogP contribution < -0.4 is 4.74 Å². The van der Waals surface area contributed by atoms with Gasteiger partial charge in [-0.2, -0.15) is 0 Å². The second-order valence-corrected chi connectivity index (χ2v) is 12.6. The van der Waals surface area contributed by atoms with E-state index < -0.39 is 22.9 Å². The Morgan fingerprint density at radius 2 is 1.80 bits per heavy atom. The van der Waals surface area contributed by atoms with Gasteiger partial charge >= 0.3 is 0 Å². The summed E-state index contributed by atoms with van der Waals surface area (Å²) in [4.78, 5) is 25.5. The summed E-state index contributed by atoms with van der Waals surface area (Å²) in [6.45, 7) is 3.76. The average molecular weight is 542 g/mol. The molecule has 7 atom stereocenters. The number of rotatable bonds is 4. The molecule has 0 radical (unpaired) electrons. The molecule has 0 saturated heterocycles. The number of Topliss-reactive ketones (excluding diaryl/α,β-unsaturated/α-hetero) is 1. The summed E-state index contributed by atoms with van der Waals surface area (Å²) in [6, 6.07) is 2.97. The van der Waals surface area contributed by atoms with Crippen molar-refractivity contribution in [2.75, 3.05) is 6.61 Å².